The maximum absolute atomic E-state index is 6.40. The number of fused-ring (bicyclic) bond motifs is 1. The van der Waals surface area contributed by atoms with Crippen molar-refractivity contribution in [1.82, 2.24) is 14.3 Å². The lowest BCUT2D eigenvalue weighted by atomic mass is 10.00. The van der Waals surface area contributed by atoms with Crippen LogP contribution in [0, 0.1) is 5.92 Å². The summed E-state index contributed by atoms with van der Waals surface area (Å²) >= 11 is 7.44. The van der Waals surface area contributed by atoms with Crippen LogP contribution in [0.5, 0.6) is 5.88 Å². The molecule has 1 fully saturated rings. The van der Waals surface area contributed by atoms with Crippen LogP contribution in [-0.4, -0.2) is 41.1 Å². The zero-order valence-corrected chi connectivity index (χ0v) is 18.4. The van der Waals surface area contributed by atoms with Crippen LogP contribution < -0.4 is 10.5 Å². The van der Waals surface area contributed by atoms with Crippen LogP contribution in [0.3, 0.4) is 0 Å². The number of aromatic nitrogens is 2. The van der Waals surface area contributed by atoms with Gasteiger partial charge in [0, 0.05) is 24.9 Å². The summed E-state index contributed by atoms with van der Waals surface area (Å²) < 4.78 is 13.4. The van der Waals surface area contributed by atoms with Crippen LogP contribution in [0.15, 0.2) is 18.5 Å². The molecule has 1 aliphatic carbocycles. The van der Waals surface area contributed by atoms with E-state index in [9.17, 15) is 0 Å². The number of nitrogens with two attached hydrogens (primary N) is 1. The highest BCUT2D eigenvalue weighted by Crippen LogP contribution is 2.42. The van der Waals surface area contributed by atoms with E-state index >= 15 is 0 Å². The molecule has 0 saturated heterocycles. The molecule has 0 aliphatic heterocycles. The second-order valence-corrected chi connectivity index (χ2v) is 8.32. The molecule has 2 aromatic rings. The van der Waals surface area contributed by atoms with Crippen molar-refractivity contribution < 1.29 is 8.92 Å². The molecule has 2 unspecified atom stereocenters. The summed E-state index contributed by atoms with van der Waals surface area (Å²) in [4.78, 5) is 8.69. The van der Waals surface area contributed by atoms with Gasteiger partial charge in [0.1, 0.15) is 5.15 Å². The van der Waals surface area contributed by atoms with E-state index in [1.807, 2.05) is 37.6 Å². The van der Waals surface area contributed by atoms with Crippen molar-refractivity contribution >= 4 is 48.1 Å². The highest BCUT2D eigenvalue weighted by Gasteiger charge is 2.31. The van der Waals surface area contributed by atoms with Crippen LogP contribution in [0.2, 0.25) is 5.15 Å². The van der Waals surface area contributed by atoms with Crippen molar-refractivity contribution in [3.05, 3.63) is 29.2 Å². The standard InChI is InChI=1S/C18H25ClN4O2S.H2S/c1-11(25-26-23(2)3)6-7-24-18-15-10-21-16(19)8-13(15)14(9-22-18)17(20)12-4-5-12;/h8-12,17H,4-7,20H2,1-3H3;1H2. The van der Waals surface area contributed by atoms with E-state index in [1.165, 1.54) is 25.1 Å². The number of nitrogens with zero attached hydrogens (tertiary/aromatic N) is 3. The van der Waals surface area contributed by atoms with Crippen LogP contribution in [-0.2, 0) is 4.18 Å². The Morgan fingerprint density at radius 2 is 2.04 bits per heavy atom. The fourth-order valence-corrected chi connectivity index (χ4v) is 3.30. The Bertz CT molecular complexity index is 761. The summed E-state index contributed by atoms with van der Waals surface area (Å²) in [5.74, 6) is 1.09. The van der Waals surface area contributed by atoms with E-state index in [4.69, 9.17) is 26.3 Å². The van der Waals surface area contributed by atoms with Gasteiger partial charge >= 0.3 is 0 Å². The molecule has 2 aromatic heterocycles. The topological polar surface area (TPSA) is 73.5 Å². The van der Waals surface area contributed by atoms with Gasteiger partial charge in [-0.3, -0.25) is 4.18 Å². The molecular weight excluding hydrogens is 404 g/mol. The molecular formula is C18H27ClN4O2S2. The normalized spacial score (nSPS) is 16.2. The first-order valence-electron chi connectivity index (χ1n) is 8.79. The first-order valence-corrected chi connectivity index (χ1v) is 9.86. The molecule has 1 saturated carbocycles. The van der Waals surface area contributed by atoms with Gasteiger partial charge in [-0.25, -0.2) is 14.3 Å². The van der Waals surface area contributed by atoms with E-state index < -0.39 is 0 Å². The highest BCUT2D eigenvalue weighted by molar-refractivity contribution is 7.92. The third-order valence-corrected chi connectivity index (χ3v) is 5.26. The summed E-state index contributed by atoms with van der Waals surface area (Å²) in [6.07, 6.45) is 6.70. The van der Waals surface area contributed by atoms with Gasteiger partial charge in [0.15, 0.2) is 0 Å². The fourth-order valence-electron chi connectivity index (χ4n) is 2.73. The summed E-state index contributed by atoms with van der Waals surface area (Å²) in [6, 6.07) is 1.83. The van der Waals surface area contributed by atoms with Gasteiger partial charge in [-0.2, -0.15) is 13.5 Å². The maximum atomic E-state index is 6.40. The monoisotopic (exact) mass is 430 g/mol. The smallest absolute Gasteiger partial charge is 0.222 e. The van der Waals surface area contributed by atoms with Gasteiger partial charge in [0.25, 0.3) is 0 Å². The van der Waals surface area contributed by atoms with Gasteiger partial charge in [0.05, 0.1) is 30.3 Å². The molecule has 27 heavy (non-hydrogen) atoms. The Morgan fingerprint density at radius 1 is 1.30 bits per heavy atom. The molecule has 0 radical (unpaired) electrons. The molecule has 2 heterocycles. The number of rotatable bonds is 9. The van der Waals surface area contributed by atoms with E-state index in [-0.39, 0.29) is 25.6 Å². The van der Waals surface area contributed by atoms with Gasteiger partial charge in [-0.05, 0) is 56.8 Å². The van der Waals surface area contributed by atoms with E-state index in [0.717, 1.165) is 22.8 Å². The predicted octanol–water partition coefficient (Wildman–Crippen LogP) is 4.10. The van der Waals surface area contributed by atoms with Crippen molar-refractivity contribution in [1.29, 1.82) is 0 Å². The fraction of sp³-hybridized carbons (Fsp3) is 0.556. The summed E-state index contributed by atoms with van der Waals surface area (Å²) in [7, 11) is 3.88. The molecule has 2 N–H and O–H groups in total. The largest absolute Gasteiger partial charge is 0.477 e. The lowest BCUT2D eigenvalue weighted by Gasteiger charge is -2.17. The maximum Gasteiger partial charge on any atom is 0.222 e. The molecule has 0 spiro atoms. The van der Waals surface area contributed by atoms with Gasteiger partial charge in [-0.15, -0.1) is 0 Å². The van der Waals surface area contributed by atoms with E-state index in [1.54, 1.807) is 6.20 Å². The number of pyridine rings is 2. The molecule has 0 aromatic carbocycles. The average Bonchev–Trinajstić information content (AvgIpc) is 3.44. The first-order chi connectivity index (χ1) is 12.5. The summed E-state index contributed by atoms with van der Waals surface area (Å²) in [5, 5.41) is 2.27. The molecule has 1 aliphatic rings. The summed E-state index contributed by atoms with van der Waals surface area (Å²) in [6.45, 7) is 2.53. The van der Waals surface area contributed by atoms with Crippen LogP contribution >= 0.6 is 37.3 Å². The number of halogens is 1. The molecule has 6 nitrogen and oxygen atoms in total. The third kappa shape index (κ3) is 6.10. The molecule has 9 heteroatoms. The zero-order valence-electron chi connectivity index (χ0n) is 15.8. The second kappa shape index (κ2) is 10.1. The van der Waals surface area contributed by atoms with Crippen LogP contribution in [0.4, 0.5) is 0 Å². The van der Waals surface area contributed by atoms with Gasteiger partial charge in [0.2, 0.25) is 5.88 Å². The predicted molar refractivity (Wildman–Crippen MR) is 117 cm³/mol. The Balaban J connectivity index is 0.00000261. The molecule has 150 valence electrons. The SMILES string of the molecule is CC(CCOc1ncc(C(N)C2CC2)c2cc(Cl)ncc12)OSN(C)C.S. The van der Waals surface area contributed by atoms with E-state index in [0.29, 0.717) is 23.6 Å². The van der Waals surface area contributed by atoms with Crippen LogP contribution in [0.25, 0.3) is 10.8 Å². The van der Waals surface area contributed by atoms with Gasteiger partial charge < -0.3 is 10.5 Å². The summed E-state index contributed by atoms with van der Waals surface area (Å²) in [5.41, 5.74) is 7.41. The minimum absolute atomic E-state index is 0. The van der Waals surface area contributed by atoms with Crippen LogP contribution in [0.1, 0.15) is 37.8 Å². The van der Waals surface area contributed by atoms with E-state index in [2.05, 4.69) is 9.97 Å². The number of ether oxygens (including phenoxy) is 1. The average molecular weight is 431 g/mol. The van der Waals surface area contributed by atoms with Crippen molar-refractivity contribution in [3.8, 4) is 5.88 Å². The van der Waals surface area contributed by atoms with Crippen molar-refractivity contribution in [2.75, 3.05) is 20.7 Å². The minimum atomic E-state index is -0.0194. The molecule has 0 bridgehead atoms. The third-order valence-electron chi connectivity index (χ3n) is 4.34. The van der Waals surface area contributed by atoms with Gasteiger partial charge in [-0.1, -0.05) is 11.6 Å². The molecule has 0 amide bonds. The van der Waals surface area contributed by atoms with Crippen molar-refractivity contribution in [2.24, 2.45) is 11.7 Å². The number of hydrogen-bond acceptors (Lipinski definition) is 7. The first kappa shape index (κ1) is 22.5. The second-order valence-electron chi connectivity index (χ2n) is 6.87. The Morgan fingerprint density at radius 3 is 2.70 bits per heavy atom. The lowest BCUT2D eigenvalue weighted by molar-refractivity contribution is 0.195. The number of hydrogen-bond donors (Lipinski definition) is 1. The van der Waals surface area contributed by atoms with Crippen molar-refractivity contribution in [3.63, 3.8) is 0 Å². The lowest BCUT2D eigenvalue weighted by Crippen LogP contribution is -2.15. The minimum Gasteiger partial charge on any atom is -0.477 e. The zero-order chi connectivity index (χ0) is 18.7. The Kier molecular flexibility index (Phi) is 8.45. The highest BCUT2D eigenvalue weighted by atomic mass is 35.5. The Labute approximate surface area is 176 Å². The van der Waals surface area contributed by atoms with Crippen molar-refractivity contribution in [2.45, 2.75) is 38.3 Å². The molecule has 3 rings (SSSR count). The Hall–Kier alpha value is -0.770. The quantitative estimate of drug-likeness (QED) is 0.364. The molecule has 2 atom stereocenters.